The maximum absolute atomic E-state index is 4.44. The van der Waals surface area contributed by atoms with Crippen LogP contribution in [0.4, 0.5) is 0 Å². The smallest absolute Gasteiger partial charge is 0.193 e. The predicted molar refractivity (Wildman–Crippen MR) is 105 cm³/mol. The van der Waals surface area contributed by atoms with Crippen LogP contribution >= 0.6 is 11.3 Å². The molecule has 1 aromatic heterocycles. The van der Waals surface area contributed by atoms with Crippen LogP contribution in [0.15, 0.2) is 46.8 Å². The first kappa shape index (κ1) is 18.5. The lowest BCUT2D eigenvalue weighted by molar-refractivity contribution is 0.299. The van der Waals surface area contributed by atoms with Crippen molar-refractivity contribution in [3.05, 3.63) is 57.8 Å². The van der Waals surface area contributed by atoms with Crippen molar-refractivity contribution in [2.45, 2.75) is 19.5 Å². The molecule has 5 heteroatoms. The summed E-state index contributed by atoms with van der Waals surface area (Å²) in [5.74, 6) is 0.918. The lowest BCUT2D eigenvalue weighted by Crippen LogP contribution is -2.42. The van der Waals surface area contributed by atoms with Crippen molar-refractivity contribution in [3.8, 4) is 0 Å². The van der Waals surface area contributed by atoms with Gasteiger partial charge in [-0.2, -0.15) is 0 Å². The van der Waals surface area contributed by atoms with Gasteiger partial charge in [0.15, 0.2) is 5.96 Å². The molecule has 0 saturated carbocycles. The standard InChI is InChI=1S/C19H28N4S/c1-15-9-6-7-10-16(15)14-23(5)19(20-2)21-13-17(22(3)4)18-11-8-12-24-18/h6-12,17H,13-14H2,1-5H3,(H,20,21). The minimum atomic E-state index is 0.341. The quantitative estimate of drug-likeness (QED) is 0.644. The molecule has 2 aromatic rings. The number of likely N-dealkylation sites (N-methyl/N-ethyl adjacent to an activating group) is 1. The average Bonchev–Trinajstić information content (AvgIpc) is 3.07. The second-order valence-electron chi connectivity index (χ2n) is 6.21. The SMILES string of the molecule is CN=C(NCC(c1cccs1)N(C)C)N(C)Cc1ccccc1C. The van der Waals surface area contributed by atoms with E-state index in [0.717, 1.165) is 19.0 Å². The molecule has 0 saturated heterocycles. The summed E-state index contributed by atoms with van der Waals surface area (Å²) in [6.45, 7) is 3.83. The Morgan fingerprint density at radius 1 is 1.17 bits per heavy atom. The highest BCUT2D eigenvalue weighted by Gasteiger charge is 2.16. The van der Waals surface area contributed by atoms with Crippen LogP contribution in [0, 0.1) is 6.92 Å². The lowest BCUT2D eigenvalue weighted by Gasteiger charge is -2.28. The zero-order chi connectivity index (χ0) is 17.5. The number of hydrogen-bond donors (Lipinski definition) is 1. The van der Waals surface area contributed by atoms with Crippen LogP contribution in [0.25, 0.3) is 0 Å². The van der Waals surface area contributed by atoms with Crippen molar-refractivity contribution in [3.63, 3.8) is 0 Å². The molecule has 24 heavy (non-hydrogen) atoms. The highest BCUT2D eigenvalue weighted by Crippen LogP contribution is 2.22. The van der Waals surface area contributed by atoms with Gasteiger partial charge in [0.25, 0.3) is 0 Å². The van der Waals surface area contributed by atoms with Crippen LogP contribution in [0.1, 0.15) is 22.0 Å². The Morgan fingerprint density at radius 3 is 2.50 bits per heavy atom. The molecule has 0 bridgehead atoms. The van der Waals surface area contributed by atoms with Crippen molar-refractivity contribution in [1.82, 2.24) is 15.1 Å². The van der Waals surface area contributed by atoms with E-state index in [4.69, 9.17) is 0 Å². The van der Waals surface area contributed by atoms with Gasteiger partial charge in [-0.1, -0.05) is 30.3 Å². The monoisotopic (exact) mass is 344 g/mol. The lowest BCUT2D eigenvalue weighted by atomic mass is 10.1. The Kier molecular flexibility index (Phi) is 6.82. The van der Waals surface area contributed by atoms with Gasteiger partial charge in [-0.05, 0) is 43.6 Å². The van der Waals surface area contributed by atoms with Crippen molar-refractivity contribution in [2.24, 2.45) is 4.99 Å². The molecule has 1 heterocycles. The van der Waals surface area contributed by atoms with E-state index in [0.29, 0.717) is 6.04 Å². The zero-order valence-electron chi connectivity index (χ0n) is 15.3. The third-order valence-electron chi connectivity index (χ3n) is 4.19. The molecular weight excluding hydrogens is 316 g/mol. The summed E-state index contributed by atoms with van der Waals surface area (Å²) in [5.41, 5.74) is 2.63. The Hall–Kier alpha value is -1.85. The summed E-state index contributed by atoms with van der Waals surface area (Å²) in [5, 5.41) is 5.65. The molecule has 1 N–H and O–H groups in total. The normalized spacial score (nSPS) is 13.2. The van der Waals surface area contributed by atoms with Gasteiger partial charge in [-0.25, -0.2) is 0 Å². The maximum atomic E-state index is 4.44. The summed E-state index contributed by atoms with van der Waals surface area (Å²) in [6.07, 6.45) is 0. The van der Waals surface area contributed by atoms with Crippen LogP contribution in [0.2, 0.25) is 0 Å². The predicted octanol–water partition coefficient (Wildman–Crippen LogP) is 3.37. The molecule has 0 aliphatic rings. The van der Waals surface area contributed by atoms with E-state index < -0.39 is 0 Å². The molecule has 2 rings (SSSR count). The number of nitrogens with zero attached hydrogens (tertiary/aromatic N) is 3. The van der Waals surface area contributed by atoms with Gasteiger partial charge in [-0.15, -0.1) is 11.3 Å². The number of rotatable bonds is 6. The molecule has 0 aliphatic heterocycles. The Balaban J connectivity index is 2.00. The van der Waals surface area contributed by atoms with Crippen LogP contribution in [-0.2, 0) is 6.54 Å². The van der Waals surface area contributed by atoms with Crippen molar-refractivity contribution >= 4 is 17.3 Å². The second kappa shape index (κ2) is 8.85. The maximum Gasteiger partial charge on any atom is 0.193 e. The van der Waals surface area contributed by atoms with Gasteiger partial charge >= 0.3 is 0 Å². The van der Waals surface area contributed by atoms with E-state index in [2.05, 4.69) is 90.0 Å². The fourth-order valence-corrected chi connectivity index (χ4v) is 3.63. The average molecular weight is 345 g/mol. The molecule has 1 atom stereocenters. The molecule has 0 radical (unpaired) electrons. The minimum absolute atomic E-state index is 0.341. The number of nitrogens with one attached hydrogen (secondary N) is 1. The van der Waals surface area contributed by atoms with E-state index in [9.17, 15) is 0 Å². The third kappa shape index (κ3) is 4.82. The van der Waals surface area contributed by atoms with E-state index in [-0.39, 0.29) is 0 Å². The van der Waals surface area contributed by atoms with E-state index >= 15 is 0 Å². The Morgan fingerprint density at radius 2 is 1.92 bits per heavy atom. The molecule has 4 nitrogen and oxygen atoms in total. The summed E-state index contributed by atoms with van der Waals surface area (Å²) >= 11 is 1.80. The first-order valence-electron chi connectivity index (χ1n) is 8.19. The highest BCUT2D eigenvalue weighted by atomic mass is 32.1. The van der Waals surface area contributed by atoms with Gasteiger partial charge in [0.2, 0.25) is 0 Å². The van der Waals surface area contributed by atoms with E-state index in [1.54, 1.807) is 11.3 Å². The molecule has 0 spiro atoms. The van der Waals surface area contributed by atoms with Gasteiger partial charge in [0.05, 0.1) is 6.04 Å². The van der Waals surface area contributed by atoms with Crippen LogP contribution in [0.3, 0.4) is 0 Å². The van der Waals surface area contributed by atoms with Gasteiger partial charge in [0.1, 0.15) is 0 Å². The third-order valence-corrected chi connectivity index (χ3v) is 5.16. The van der Waals surface area contributed by atoms with E-state index in [1.807, 2.05) is 7.05 Å². The van der Waals surface area contributed by atoms with Gasteiger partial charge in [-0.3, -0.25) is 4.99 Å². The van der Waals surface area contributed by atoms with E-state index in [1.165, 1.54) is 16.0 Å². The molecule has 0 amide bonds. The number of thiophene rings is 1. The van der Waals surface area contributed by atoms with Gasteiger partial charge < -0.3 is 15.1 Å². The highest BCUT2D eigenvalue weighted by molar-refractivity contribution is 7.10. The Bertz CT molecular complexity index is 649. The Labute approximate surface area is 149 Å². The second-order valence-corrected chi connectivity index (χ2v) is 7.18. The summed E-state index contributed by atoms with van der Waals surface area (Å²) in [4.78, 5) is 10.2. The first-order chi connectivity index (χ1) is 11.5. The summed E-state index contributed by atoms with van der Waals surface area (Å²) < 4.78 is 0. The largest absolute Gasteiger partial charge is 0.354 e. The number of guanidine groups is 1. The topological polar surface area (TPSA) is 30.9 Å². The molecule has 0 aliphatic carbocycles. The number of hydrogen-bond acceptors (Lipinski definition) is 3. The first-order valence-corrected chi connectivity index (χ1v) is 9.07. The fourth-order valence-electron chi connectivity index (χ4n) is 2.71. The van der Waals surface area contributed by atoms with Crippen LogP contribution in [-0.4, -0.2) is 50.5 Å². The molecule has 1 unspecified atom stereocenters. The van der Waals surface area contributed by atoms with Crippen molar-refractivity contribution in [1.29, 1.82) is 0 Å². The summed E-state index contributed by atoms with van der Waals surface area (Å²) in [6, 6.07) is 13.1. The number of aliphatic imine (C=N–C) groups is 1. The molecule has 0 fully saturated rings. The van der Waals surface area contributed by atoms with Crippen molar-refractivity contribution < 1.29 is 0 Å². The molecule has 130 valence electrons. The molecule has 1 aromatic carbocycles. The number of benzene rings is 1. The summed E-state index contributed by atoms with van der Waals surface area (Å²) in [7, 11) is 8.15. The zero-order valence-corrected chi connectivity index (χ0v) is 16.1. The van der Waals surface area contributed by atoms with Gasteiger partial charge in [0, 0.05) is 32.1 Å². The number of aryl methyl sites for hydroxylation is 1. The van der Waals surface area contributed by atoms with Crippen LogP contribution < -0.4 is 5.32 Å². The molecular formula is C19H28N4S. The fraction of sp³-hybridized carbons (Fsp3) is 0.421. The minimum Gasteiger partial charge on any atom is -0.354 e. The van der Waals surface area contributed by atoms with Crippen LogP contribution in [0.5, 0.6) is 0 Å². The van der Waals surface area contributed by atoms with Crippen molar-refractivity contribution in [2.75, 3.05) is 34.7 Å².